The molecule has 0 amide bonds. The number of nitrogen functional groups attached to an aromatic ring is 1. The van der Waals surface area contributed by atoms with Crippen LogP contribution in [0.2, 0.25) is 0 Å². The Labute approximate surface area is 122 Å². The second-order valence-corrected chi connectivity index (χ2v) is 5.77. The van der Waals surface area contributed by atoms with Crippen molar-refractivity contribution in [2.75, 3.05) is 24.5 Å². The molecule has 2 aromatic rings. The zero-order valence-corrected chi connectivity index (χ0v) is 12.9. The predicted octanol–water partition coefficient (Wildman–Crippen LogP) is 2.38. The number of methoxy groups -OCH3 is 1. The minimum atomic E-state index is 0.267. The Bertz CT molecular complexity index is 571. The molecule has 0 spiro atoms. The number of hydrazine groups is 1. The van der Waals surface area contributed by atoms with Gasteiger partial charge in [-0.15, -0.1) is 11.3 Å². The molecular weight excluding hydrogens is 274 g/mol. The number of thiophene rings is 1. The Kier molecular flexibility index (Phi) is 5.11. The summed E-state index contributed by atoms with van der Waals surface area (Å²) in [6.45, 7) is 4.96. The van der Waals surface area contributed by atoms with E-state index in [4.69, 9.17) is 10.6 Å². The smallest absolute Gasteiger partial charge is 0.240 e. The molecular formula is C13H21N5OS. The van der Waals surface area contributed by atoms with E-state index in [2.05, 4.69) is 40.6 Å². The van der Waals surface area contributed by atoms with E-state index in [0.29, 0.717) is 12.6 Å². The number of fused-ring (bicyclic) bond motifs is 1. The summed E-state index contributed by atoms with van der Waals surface area (Å²) in [5.74, 6) is 6.70. The summed E-state index contributed by atoms with van der Waals surface area (Å²) < 4.78 is 5.10. The SMILES string of the molecule is CCc1cc2c(NC(C)CCOC)nc(NN)nc2s1. The maximum atomic E-state index is 5.44. The summed E-state index contributed by atoms with van der Waals surface area (Å²) in [4.78, 5) is 11.1. The van der Waals surface area contributed by atoms with Gasteiger partial charge in [-0.3, -0.25) is 5.43 Å². The first-order valence-electron chi connectivity index (χ1n) is 6.70. The van der Waals surface area contributed by atoms with Crippen LogP contribution in [0.5, 0.6) is 0 Å². The summed E-state index contributed by atoms with van der Waals surface area (Å²) in [6.07, 6.45) is 1.91. The van der Waals surface area contributed by atoms with Crippen molar-refractivity contribution in [3.8, 4) is 0 Å². The van der Waals surface area contributed by atoms with E-state index >= 15 is 0 Å². The van der Waals surface area contributed by atoms with Crippen LogP contribution in [0.25, 0.3) is 10.2 Å². The molecule has 2 aromatic heterocycles. The Balaban J connectivity index is 2.31. The number of rotatable bonds is 7. The fourth-order valence-electron chi connectivity index (χ4n) is 1.92. The first-order valence-corrected chi connectivity index (χ1v) is 7.52. The highest BCUT2D eigenvalue weighted by Gasteiger charge is 2.13. The van der Waals surface area contributed by atoms with Crippen LogP contribution in [0, 0.1) is 0 Å². The van der Waals surface area contributed by atoms with Crippen molar-refractivity contribution in [2.45, 2.75) is 32.7 Å². The molecule has 0 aromatic carbocycles. The van der Waals surface area contributed by atoms with Gasteiger partial charge in [-0.2, -0.15) is 4.98 Å². The van der Waals surface area contributed by atoms with Crippen LogP contribution in [0.1, 0.15) is 25.1 Å². The topological polar surface area (TPSA) is 85.1 Å². The zero-order valence-electron chi connectivity index (χ0n) is 12.1. The first kappa shape index (κ1) is 15.0. The van der Waals surface area contributed by atoms with Gasteiger partial charge < -0.3 is 10.1 Å². The Morgan fingerprint density at radius 1 is 1.45 bits per heavy atom. The summed E-state index contributed by atoms with van der Waals surface area (Å²) >= 11 is 1.67. The molecule has 2 heterocycles. The normalized spacial score (nSPS) is 12.6. The Hall–Kier alpha value is -1.44. The first-order chi connectivity index (χ1) is 9.67. The van der Waals surface area contributed by atoms with E-state index in [9.17, 15) is 0 Å². The van der Waals surface area contributed by atoms with Crippen molar-refractivity contribution in [1.82, 2.24) is 9.97 Å². The molecule has 0 aliphatic heterocycles. The highest BCUT2D eigenvalue weighted by atomic mass is 32.1. The lowest BCUT2D eigenvalue weighted by atomic mass is 10.2. The van der Waals surface area contributed by atoms with E-state index in [1.807, 2.05) is 0 Å². The predicted molar refractivity (Wildman–Crippen MR) is 84.2 cm³/mol. The number of nitrogens with two attached hydrogens (primary N) is 1. The van der Waals surface area contributed by atoms with Crippen LogP contribution < -0.4 is 16.6 Å². The lowest BCUT2D eigenvalue weighted by molar-refractivity contribution is 0.191. The van der Waals surface area contributed by atoms with Crippen molar-refractivity contribution in [1.29, 1.82) is 0 Å². The van der Waals surface area contributed by atoms with Crippen LogP contribution in [0.3, 0.4) is 0 Å². The molecule has 1 unspecified atom stereocenters. The van der Waals surface area contributed by atoms with Crippen LogP contribution in [0.15, 0.2) is 6.07 Å². The third kappa shape index (κ3) is 3.36. The van der Waals surface area contributed by atoms with E-state index in [1.54, 1.807) is 18.4 Å². The van der Waals surface area contributed by atoms with E-state index in [-0.39, 0.29) is 6.04 Å². The van der Waals surface area contributed by atoms with Gasteiger partial charge in [0, 0.05) is 24.6 Å². The lowest BCUT2D eigenvalue weighted by Gasteiger charge is -2.15. The van der Waals surface area contributed by atoms with E-state index in [0.717, 1.165) is 28.9 Å². The third-order valence-electron chi connectivity index (χ3n) is 3.06. The van der Waals surface area contributed by atoms with Crippen molar-refractivity contribution >= 4 is 33.3 Å². The number of aromatic nitrogens is 2. The minimum absolute atomic E-state index is 0.267. The molecule has 2 rings (SSSR count). The number of hydrogen-bond acceptors (Lipinski definition) is 7. The standard InChI is InChI=1S/C13H21N5OS/c1-4-9-7-10-11(15-8(2)5-6-19-3)16-13(18-14)17-12(10)20-9/h7-8H,4-6,14H2,1-3H3,(H2,15,16,17,18). The van der Waals surface area contributed by atoms with Crippen molar-refractivity contribution in [2.24, 2.45) is 5.84 Å². The van der Waals surface area contributed by atoms with Gasteiger partial charge in [0.1, 0.15) is 10.6 Å². The lowest BCUT2D eigenvalue weighted by Crippen LogP contribution is -2.19. The monoisotopic (exact) mass is 295 g/mol. The van der Waals surface area contributed by atoms with Crippen LogP contribution in [-0.4, -0.2) is 29.7 Å². The van der Waals surface area contributed by atoms with Gasteiger partial charge in [-0.1, -0.05) is 6.92 Å². The van der Waals surface area contributed by atoms with Crippen molar-refractivity contribution in [3.05, 3.63) is 10.9 Å². The summed E-state index contributed by atoms with van der Waals surface area (Å²) in [6, 6.07) is 2.41. The average molecular weight is 295 g/mol. The number of hydrogen-bond donors (Lipinski definition) is 3. The molecule has 1 atom stereocenters. The molecule has 0 aliphatic carbocycles. The van der Waals surface area contributed by atoms with Gasteiger partial charge in [0.05, 0.1) is 5.39 Å². The third-order valence-corrected chi connectivity index (χ3v) is 4.23. The van der Waals surface area contributed by atoms with Gasteiger partial charge in [0.2, 0.25) is 5.95 Å². The summed E-state index contributed by atoms with van der Waals surface area (Å²) in [5, 5.41) is 4.46. The summed E-state index contributed by atoms with van der Waals surface area (Å²) in [5.41, 5.74) is 2.52. The van der Waals surface area contributed by atoms with E-state index < -0.39 is 0 Å². The molecule has 7 heteroatoms. The van der Waals surface area contributed by atoms with Gasteiger partial charge in [0.15, 0.2) is 0 Å². The second kappa shape index (κ2) is 6.83. The quantitative estimate of drug-likeness (QED) is 0.537. The van der Waals surface area contributed by atoms with Crippen molar-refractivity contribution < 1.29 is 4.74 Å². The Morgan fingerprint density at radius 2 is 2.25 bits per heavy atom. The maximum Gasteiger partial charge on any atom is 0.240 e. The van der Waals surface area contributed by atoms with Gasteiger partial charge in [-0.05, 0) is 25.8 Å². The average Bonchev–Trinajstić information content (AvgIpc) is 2.88. The molecule has 0 saturated heterocycles. The zero-order chi connectivity index (χ0) is 14.5. The highest BCUT2D eigenvalue weighted by molar-refractivity contribution is 7.18. The molecule has 0 bridgehead atoms. The number of nitrogens with zero attached hydrogens (tertiary/aromatic N) is 2. The molecule has 0 saturated carbocycles. The van der Waals surface area contributed by atoms with Crippen LogP contribution >= 0.6 is 11.3 Å². The summed E-state index contributed by atoms with van der Waals surface area (Å²) in [7, 11) is 1.71. The molecule has 4 N–H and O–H groups in total. The maximum absolute atomic E-state index is 5.44. The highest BCUT2D eigenvalue weighted by Crippen LogP contribution is 2.30. The molecule has 0 radical (unpaired) electrons. The fourth-order valence-corrected chi connectivity index (χ4v) is 2.89. The largest absolute Gasteiger partial charge is 0.385 e. The van der Waals surface area contributed by atoms with Gasteiger partial charge >= 0.3 is 0 Å². The van der Waals surface area contributed by atoms with Crippen LogP contribution in [-0.2, 0) is 11.2 Å². The van der Waals surface area contributed by atoms with Crippen molar-refractivity contribution in [3.63, 3.8) is 0 Å². The molecule has 20 heavy (non-hydrogen) atoms. The number of aryl methyl sites for hydroxylation is 1. The molecule has 0 fully saturated rings. The number of nitrogens with one attached hydrogen (secondary N) is 2. The molecule has 110 valence electrons. The fraction of sp³-hybridized carbons (Fsp3) is 0.538. The van der Waals surface area contributed by atoms with Crippen LogP contribution in [0.4, 0.5) is 11.8 Å². The minimum Gasteiger partial charge on any atom is -0.385 e. The Morgan fingerprint density at radius 3 is 2.90 bits per heavy atom. The molecule has 0 aliphatic rings. The molecule has 6 nitrogen and oxygen atoms in total. The second-order valence-electron chi connectivity index (χ2n) is 4.65. The number of anilines is 2. The van der Waals surface area contributed by atoms with E-state index in [1.165, 1.54) is 4.88 Å². The number of ether oxygens (including phenoxy) is 1. The van der Waals surface area contributed by atoms with Gasteiger partial charge in [0.25, 0.3) is 0 Å². The van der Waals surface area contributed by atoms with Gasteiger partial charge in [-0.25, -0.2) is 10.8 Å².